The largest absolute Gasteiger partial charge is 0.444 e. The van der Waals surface area contributed by atoms with Gasteiger partial charge in [-0.1, -0.05) is 5.16 Å². The number of anilines is 1. The average Bonchev–Trinajstić information content (AvgIpc) is 3.38. The highest BCUT2D eigenvalue weighted by Crippen LogP contribution is 2.35. The number of likely N-dealkylation sites (tertiary alicyclic amines) is 1. The maximum Gasteiger partial charge on any atom is 0.410 e. The first-order valence-corrected chi connectivity index (χ1v) is 10.8. The molecule has 2 aliphatic heterocycles. The number of piperidine rings is 1. The Morgan fingerprint density at radius 3 is 2.47 bits per heavy atom. The molecule has 2 aromatic heterocycles. The lowest BCUT2D eigenvalue weighted by molar-refractivity contribution is 0.0204. The Balaban J connectivity index is 1.56. The van der Waals surface area contributed by atoms with E-state index in [1.807, 2.05) is 40.0 Å². The van der Waals surface area contributed by atoms with Gasteiger partial charge < -0.3 is 19.1 Å². The maximum absolute atomic E-state index is 12.4. The minimum atomic E-state index is -0.484. The molecule has 4 heterocycles. The summed E-state index contributed by atoms with van der Waals surface area (Å²) in [7, 11) is 0. The van der Waals surface area contributed by atoms with E-state index in [9.17, 15) is 4.79 Å². The molecule has 8 nitrogen and oxygen atoms in total. The van der Waals surface area contributed by atoms with Crippen molar-refractivity contribution in [2.75, 3.05) is 31.1 Å². The lowest BCUT2D eigenvalue weighted by Gasteiger charge is -2.33. The third-order valence-electron chi connectivity index (χ3n) is 5.62. The molecule has 1 amide bonds. The van der Waals surface area contributed by atoms with E-state index in [4.69, 9.17) is 14.2 Å². The number of ether oxygens (including phenoxy) is 1. The SMILES string of the molecule is Cc1cc(-c2cnc(N3CCCC3)nc2C2CCN(C(=O)OC(C)(C)C)CC2)on1. The van der Waals surface area contributed by atoms with Crippen LogP contribution in [0.1, 0.15) is 63.8 Å². The molecule has 4 rings (SSSR count). The predicted molar refractivity (Wildman–Crippen MR) is 113 cm³/mol. The van der Waals surface area contributed by atoms with E-state index < -0.39 is 5.60 Å². The first kappa shape index (κ1) is 20.6. The highest BCUT2D eigenvalue weighted by Gasteiger charge is 2.31. The summed E-state index contributed by atoms with van der Waals surface area (Å²) in [6, 6.07) is 1.92. The van der Waals surface area contributed by atoms with Crippen molar-refractivity contribution in [3.63, 3.8) is 0 Å². The summed E-state index contributed by atoms with van der Waals surface area (Å²) >= 11 is 0. The fourth-order valence-corrected chi connectivity index (χ4v) is 4.11. The van der Waals surface area contributed by atoms with Gasteiger partial charge in [0.25, 0.3) is 0 Å². The van der Waals surface area contributed by atoms with Crippen molar-refractivity contribution < 1.29 is 14.1 Å². The molecule has 0 atom stereocenters. The van der Waals surface area contributed by atoms with Crippen LogP contribution >= 0.6 is 0 Å². The molecule has 0 saturated carbocycles. The molecule has 2 fully saturated rings. The lowest BCUT2D eigenvalue weighted by Crippen LogP contribution is -2.41. The lowest BCUT2D eigenvalue weighted by atomic mass is 9.90. The van der Waals surface area contributed by atoms with Crippen molar-refractivity contribution in [2.24, 2.45) is 0 Å². The zero-order valence-corrected chi connectivity index (χ0v) is 18.3. The quantitative estimate of drug-likeness (QED) is 0.747. The second-order valence-electron chi connectivity index (χ2n) is 9.24. The first-order valence-electron chi connectivity index (χ1n) is 10.8. The van der Waals surface area contributed by atoms with E-state index >= 15 is 0 Å². The van der Waals surface area contributed by atoms with Gasteiger partial charge in [0.15, 0.2) is 5.76 Å². The van der Waals surface area contributed by atoms with Gasteiger partial charge in [-0.05, 0) is 53.4 Å². The standard InChI is InChI=1S/C22H31N5O3/c1-15-13-18(30-25-15)17-14-23-20(26-9-5-6-10-26)24-19(17)16-7-11-27(12-8-16)21(28)29-22(2,3)4/h13-14,16H,5-12H2,1-4H3. The maximum atomic E-state index is 12.4. The normalized spacial score (nSPS) is 18.1. The molecular weight excluding hydrogens is 382 g/mol. The molecule has 0 bridgehead atoms. The number of carbonyl (C=O) groups is 1. The zero-order valence-electron chi connectivity index (χ0n) is 18.3. The van der Waals surface area contributed by atoms with Gasteiger partial charge in [0.1, 0.15) is 5.60 Å². The summed E-state index contributed by atoms with van der Waals surface area (Å²) < 4.78 is 11.1. The van der Waals surface area contributed by atoms with Crippen molar-refractivity contribution in [3.05, 3.63) is 23.7 Å². The molecule has 162 valence electrons. The summed E-state index contributed by atoms with van der Waals surface area (Å²) in [5.41, 5.74) is 2.24. The molecule has 8 heteroatoms. The van der Waals surface area contributed by atoms with Gasteiger partial charge in [0.05, 0.1) is 17.0 Å². The van der Waals surface area contributed by atoms with Gasteiger partial charge in [-0.3, -0.25) is 0 Å². The molecule has 0 radical (unpaired) electrons. The number of aryl methyl sites for hydroxylation is 1. The topological polar surface area (TPSA) is 84.6 Å². The van der Waals surface area contributed by atoms with Crippen molar-refractivity contribution >= 4 is 12.0 Å². The van der Waals surface area contributed by atoms with Crippen molar-refractivity contribution in [1.29, 1.82) is 0 Å². The monoisotopic (exact) mass is 413 g/mol. The number of amides is 1. The van der Waals surface area contributed by atoms with Gasteiger partial charge in [0.2, 0.25) is 5.95 Å². The van der Waals surface area contributed by atoms with E-state index in [1.54, 1.807) is 4.90 Å². The van der Waals surface area contributed by atoms with Crippen LogP contribution in [0.3, 0.4) is 0 Å². The molecule has 30 heavy (non-hydrogen) atoms. The van der Waals surface area contributed by atoms with Crippen LogP contribution in [0.4, 0.5) is 10.7 Å². The summed E-state index contributed by atoms with van der Waals surface area (Å²) in [6.07, 6.45) is 5.64. The number of hydrogen-bond donors (Lipinski definition) is 0. The molecule has 0 N–H and O–H groups in total. The summed E-state index contributed by atoms with van der Waals surface area (Å²) in [6.45, 7) is 10.9. The Hall–Kier alpha value is -2.64. The Labute approximate surface area is 177 Å². The first-order chi connectivity index (χ1) is 14.3. The van der Waals surface area contributed by atoms with Crippen molar-refractivity contribution in [3.8, 4) is 11.3 Å². The number of nitrogens with zero attached hydrogens (tertiary/aromatic N) is 5. The highest BCUT2D eigenvalue weighted by molar-refractivity contribution is 5.68. The zero-order chi connectivity index (χ0) is 21.3. The van der Waals surface area contributed by atoms with Crippen LogP contribution in [0.5, 0.6) is 0 Å². The number of hydrogen-bond acceptors (Lipinski definition) is 7. The molecular formula is C22H31N5O3. The summed E-state index contributed by atoms with van der Waals surface area (Å²) in [4.78, 5) is 26.1. The number of aromatic nitrogens is 3. The van der Waals surface area contributed by atoms with Gasteiger partial charge in [-0.2, -0.15) is 0 Å². The van der Waals surface area contributed by atoms with Crippen molar-refractivity contribution in [2.45, 2.75) is 64.9 Å². The smallest absolute Gasteiger partial charge is 0.410 e. The third kappa shape index (κ3) is 4.57. The second kappa shape index (κ2) is 8.24. The van der Waals surface area contributed by atoms with Crippen LogP contribution < -0.4 is 4.90 Å². The van der Waals surface area contributed by atoms with E-state index in [0.717, 1.165) is 48.8 Å². The van der Waals surface area contributed by atoms with Gasteiger partial charge in [0, 0.05) is 44.4 Å². The molecule has 0 unspecified atom stereocenters. The van der Waals surface area contributed by atoms with Crippen LogP contribution in [0.2, 0.25) is 0 Å². The van der Waals surface area contributed by atoms with Crippen LogP contribution in [-0.4, -0.2) is 57.9 Å². The minimum absolute atomic E-state index is 0.230. The fourth-order valence-electron chi connectivity index (χ4n) is 4.11. The number of carbonyl (C=O) groups excluding carboxylic acids is 1. The van der Waals surface area contributed by atoms with E-state index in [1.165, 1.54) is 12.8 Å². The number of rotatable bonds is 3. The Morgan fingerprint density at radius 2 is 1.87 bits per heavy atom. The molecule has 0 aromatic carbocycles. The van der Waals surface area contributed by atoms with Gasteiger partial charge in [-0.25, -0.2) is 14.8 Å². The van der Waals surface area contributed by atoms with Crippen LogP contribution in [0.15, 0.2) is 16.8 Å². The molecule has 0 spiro atoms. The third-order valence-corrected chi connectivity index (χ3v) is 5.62. The van der Waals surface area contributed by atoms with Gasteiger partial charge in [-0.15, -0.1) is 0 Å². The van der Waals surface area contributed by atoms with E-state index in [2.05, 4.69) is 15.0 Å². The van der Waals surface area contributed by atoms with Gasteiger partial charge >= 0.3 is 6.09 Å². The molecule has 2 aliphatic rings. The van der Waals surface area contributed by atoms with E-state index in [-0.39, 0.29) is 12.0 Å². The average molecular weight is 414 g/mol. The molecule has 2 saturated heterocycles. The second-order valence-corrected chi connectivity index (χ2v) is 9.24. The fraction of sp³-hybridized carbons (Fsp3) is 0.636. The van der Waals surface area contributed by atoms with Crippen LogP contribution in [-0.2, 0) is 4.74 Å². The predicted octanol–water partition coefficient (Wildman–Crippen LogP) is 4.15. The van der Waals surface area contributed by atoms with Crippen LogP contribution in [0.25, 0.3) is 11.3 Å². The Bertz CT molecular complexity index is 890. The summed E-state index contributed by atoms with van der Waals surface area (Å²) in [5, 5.41) is 4.04. The molecule has 2 aromatic rings. The Morgan fingerprint density at radius 1 is 1.17 bits per heavy atom. The van der Waals surface area contributed by atoms with E-state index in [0.29, 0.717) is 18.8 Å². The summed E-state index contributed by atoms with van der Waals surface area (Å²) in [5.74, 6) is 1.72. The molecule has 0 aliphatic carbocycles. The van der Waals surface area contributed by atoms with Crippen LogP contribution in [0, 0.1) is 6.92 Å². The highest BCUT2D eigenvalue weighted by atomic mass is 16.6. The minimum Gasteiger partial charge on any atom is -0.444 e. The van der Waals surface area contributed by atoms with Crippen molar-refractivity contribution in [1.82, 2.24) is 20.0 Å². The Kier molecular flexibility index (Phi) is 5.66.